The first kappa shape index (κ1) is 19.6. The Morgan fingerprint density at radius 2 is 1.81 bits per heavy atom. The molecule has 1 aliphatic rings. The number of carbonyl (C=O) groups excluding carboxylic acids is 1. The highest BCUT2D eigenvalue weighted by atomic mass is 35.5. The predicted octanol–water partition coefficient (Wildman–Crippen LogP) is 3.38. The van der Waals surface area contributed by atoms with Gasteiger partial charge in [-0.15, -0.1) is 0 Å². The first-order chi connectivity index (χ1) is 13.0. The van der Waals surface area contributed by atoms with Crippen LogP contribution in [0.3, 0.4) is 0 Å². The molecule has 0 N–H and O–H groups in total. The SMILES string of the molecule is CCN1CCN(C(=O)/C=C/c2c(C)nn(Cc3ccc(C)cc3)c2Cl)CC1. The highest BCUT2D eigenvalue weighted by Gasteiger charge is 2.19. The van der Waals surface area contributed by atoms with Crippen molar-refractivity contribution in [1.29, 1.82) is 0 Å². The van der Waals surface area contributed by atoms with Crippen LogP contribution >= 0.6 is 11.6 Å². The minimum Gasteiger partial charge on any atom is -0.337 e. The number of likely N-dealkylation sites (N-methyl/N-ethyl adjacent to an activating group) is 1. The number of piperazine rings is 1. The second-order valence-corrected chi connectivity index (χ2v) is 7.38. The third-order valence-electron chi connectivity index (χ3n) is 5.09. The second-order valence-electron chi connectivity index (χ2n) is 7.03. The molecular formula is C21H27ClN4O. The average molecular weight is 387 g/mol. The topological polar surface area (TPSA) is 41.4 Å². The van der Waals surface area contributed by atoms with Crippen molar-refractivity contribution < 1.29 is 4.79 Å². The maximum absolute atomic E-state index is 12.5. The molecule has 6 heteroatoms. The largest absolute Gasteiger partial charge is 0.337 e. The van der Waals surface area contributed by atoms with Crippen molar-refractivity contribution in [3.63, 3.8) is 0 Å². The first-order valence-corrected chi connectivity index (χ1v) is 9.83. The van der Waals surface area contributed by atoms with Crippen LogP contribution in [0.25, 0.3) is 6.08 Å². The molecule has 0 atom stereocenters. The fraction of sp³-hybridized carbons (Fsp3) is 0.429. The molecule has 5 nitrogen and oxygen atoms in total. The van der Waals surface area contributed by atoms with E-state index in [0.717, 1.165) is 49.5 Å². The van der Waals surface area contributed by atoms with Crippen LogP contribution in [0.4, 0.5) is 0 Å². The summed E-state index contributed by atoms with van der Waals surface area (Å²) < 4.78 is 1.78. The number of rotatable bonds is 5. The Morgan fingerprint density at radius 1 is 1.15 bits per heavy atom. The molecular weight excluding hydrogens is 360 g/mol. The van der Waals surface area contributed by atoms with Crippen molar-refractivity contribution in [1.82, 2.24) is 19.6 Å². The summed E-state index contributed by atoms with van der Waals surface area (Å²) in [6.07, 6.45) is 3.42. The van der Waals surface area contributed by atoms with Crippen molar-refractivity contribution in [2.24, 2.45) is 0 Å². The van der Waals surface area contributed by atoms with Crippen LogP contribution in [-0.2, 0) is 11.3 Å². The lowest BCUT2D eigenvalue weighted by molar-refractivity contribution is -0.127. The Hall–Kier alpha value is -2.11. The second kappa shape index (κ2) is 8.72. The summed E-state index contributed by atoms with van der Waals surface area (Å²) in [7, 11) is 0. The molecule has 1 fully saturated rings. The minimum atomic E-state index is 0.0347. The quantitative estimate of drug-likeness (QED) is 0.740. The van der Waals surface area contributed by atoms with E-state index < -0.39 is 0 Å². The smallest absolute Gasteiger partial charge is 0.246 e. The molecule has 1 amide bonds. The molecule has 1 saturated heterocycles. The summed E-state index contributed by atoms with van der Waals surface area (Å²) >= 11 is 6.54. The zero-order valence-electron chi connectivity index (χ0n) is 16.3. The van der Waals surface area contributed by atoms with Gasteiger partial charge in [0.05, 0.1) is 12.2 Å². The van der Waals surface area contributed by atoms with Crippen LogP contribution in [0.5, 0.6) is 0 Å². The number of benzene rings is 1. The maximum Gasteiger partial charge on any atom is 0.246 e. The summed E-state index contributed by atoms with van der Waals surface area (Å²) in [6.45, 7) is 11.2. The van der Waals surface area contributed by atoms with E-state index in [4.69, 9.17) is 11.6 Å². The third-order valence-corrected chi connectivity index (χ3v) is 5.48. The Bertz CT molecular complexity index is 817. The third kappa shape index (κ3) is 4.79. The molecule has 1 aliphatic heterocycles. The molecule has 0 radical (unpaired) electrons. The highest BCUT2D eigenvalue weighted by molar-refractivity contribution is 6.31. The fourth-order valence-electron chi connectivity index (χ4n) is 3.27. The summed E-state index contributed by atoms with van der Waals surface area (Å²) in [4.78, 5) is 16.7. The van der Waals surface area contributed by atoms with Gasteiger partial charge < -0.3 is 9.80 Å². The van der Waals surface area contributed by atoms with Gasteiger partial charge in [0.1, 0.15) is 5.15 Å². The highest BCUT2D eigenvalue weighted by Crippen LogP contribution is 2.22. The molecule has 3 rings (SSSR count). The summed E-state index contributed by atoms with van der Waals surface area (Å²) in [5.41, 5.74) is 4.00. The first-order valence-electron chi connectivity index (χ1n) is 9.45. The van der Waals surface area contributed by atoms with Crippen LogP contribution in [0.1, 0.15) is 29.3 Å². The number of halogens is 1. The molecule has 2 heterocycles. The van der Waals surface area contributed by atoms with Gasteiger partial charge in [0.25, 0.3) is 0 Å². The molecule has 0 bridgehead atoms. The lowest BCUT2D eigenvalue weighted by Gasteiger charge is -2.33. The van der Waals surface area contributed by atoms with Crippen molar-refractivity contribution in [3.8, 4) is 0 Å². The number of aromatic nitrogens is 2. The molecule has 0 saturated carbocycles. The molecule has 0 spiro atoms. The van der Waals surface area contributed by atoms with Crippen LogP contribution in [0.2, 0.25) is 5.15 Å². The van der Waals surface area contributed by atoms with Gasteiger partial charge in [-0.25, -0.2) is 4.68 Å². The monoisotopic (exact) mass is 386 g/mol. The standard InChI is InChI=1S/C21H27ClN4O/c1-4-24-11-13-25(14-12-24)20(27)10-9-19-17(3)23-26(21(19)22)15-18-7-5-16(2)6-8-18/h5-10H,4,11-15H2,1-3H3/b10-9+. The van der Waals surface area contributed by atoms with E-state index in [1.807, 2.05) is 11.8 Å². The Labute approximate surface area is 166 Å². The van der Waals surface area contributed by atoms with Gasteiger partial charge in [0.2, 0.25) is 5.91 Å². The minimum absolute atomic E-state index is 0.0347. The maximum atomic E-state index is 12.5. The van der Waals surface area contributed by atoms with Gasteiger partial charge in [-0.05, 0) is 32.0 Å². The number of amides is 1. The van der Waals surface area contributed by atoms with Crippen LogP contribution in [0.15, 0.2) is 30.3 Å². The molecule has 144 valence electrons. The molecule has 2 aromatic rings. The van der Waals surface area contributed by atoms with E-state index in [9.17, 15) is 4.79 Å². The van der Waals surface area contributed by atoms with Crippen molar-refractivity contribution >= 4 is 23.6 Å². The van der Waals surface area contributed by atoms with Crippen molar-refractivity contribution in [3.05, 3.63) is 57.9 Å². The predicted molar refractivity (Wildman–Crippen MR) is 110 cm³/mol. The van der Waals surface area contributed by atoms with Crippen molar-refractivity contribution in [2.45, 2.75) is 27.3 Å². The lowest BCUT2D eigenvalue weighted by Crippen LogP contribution is -2.48. The Morgan fingerprint density at radius 3 is 2.44 bits per heavy atom. The molecule has 1 aromatic carbocycles. The zero-order valence-corrected chi connectivity index (χ0v) is 17.0. The van der Waals surface area contributed by atoms with Crippen LogP contribution in [0, 0.1) is 13.8 Å². The molecule has 1 aromatic heterocycles. The number of aryl methyl sites for hydroxylation is 2. The molecule has 27 heavy (non-hydrogen) atoms. The van der Waals surface area contributed by atoms with E-state index in [1.165, 1.54) is 5.56 Å². The van der Waals surface area contributed by atoms with Gasteiger partial charge in [-0.3, -0.25) is 4.79 Å². The van der Waals surface area contributed by atoms with Gasteiger partial charge in [-0.2, -0.15) is 5.10 Å². The van der Waals surface area contributed by atoms with Crippen LogP contribution < -0.4 is 0 Å². The van der Waals surface area contributed by atoms with Crippen molar-refractivity contribution in [2.75, 3.05) is 32.7 Å². The fourth-order valence-corrected chi connectivity index (χ4v) is 3.57. The number of hydrogen-bond acceptors (Lipinski definition) is 3. The van der Waals surface area contributed by atoms with Gasteiger partial charge in [0.15, 0.2) is 0 Å². The average Bonchev–Trinajstić information content (AvgIpc) is 2.94. The zero-order chi connectivity index (χ0) is 19.4. The van der Waals surface area contributed by atoms with Crippen LogP contribution in [-0.4, -0.2) is 58.2 Å². The number of hydrogen-bond donors (Lipinski definition) is 0. The van der Waals surface area contributed by atoms with E-state index >= 15 is 0 Å². The van der Waals surface area contributed by atoms with Gasteiger partial charge >= 0.3 is 0 Å². The summed E-state index contributed by atoms with van der Waals surface area (Å²) in [5.74, 6) is 0.0347. The summed E-state index contributed by atoms with van der Waals surface area (Å²) in [6, 6.07) is 8.32. The van der Waals surface area contributed by atoms with E-state index in [2.05, 4.69) is 48.1 Å². The molecule has 0 unspecified atom stereocenters. The van der Waals surface area contributed by atoms with Gasteiger partial charge in [-0.1, -0.05) is 48.4 Å². The Balaban J connectivity index is 1.68. The lowest BCUT2D eigenvalue weighted by atomic mass is 10.1. The number of carbonyl (C=O) groups is 1. The van der Waals surface area contributed by atoms with E-state index in [0.29, 0.717) is 11.7 Å². The normalized spacial score (nSPS) is 15.6. The van der Waals surface area contributed by atoms with E-state index in [-0.39, 0.29) is 5.91 Å². The van der Waals surface area contributed by atoms with Gasteiger partial charge in [0, 0.05) is 37.8 Å². The Kier molecular flexibility index (Phi) is 6.34. The van der Waals surface area contributed by atoms with E-state index in [1.54, 1.807) is 16.8 Å². The summed E-state index contributed by atoms with van der Waals surface area (Å²) in [5, 5.41) is 5.10. The molecule has 0 aliphatic carbocycles. The number of nitrogens with zero attached hydrogens (tertiary/aromatic N) is 4.